The molecular weight excluding hydrogens is 266 g/mol. The van der Waals surface area contributed by atoms with Gasteiger partial charge in [0.15, 0.2) is 0 Å². The first-order valence-electron chi connectivity index (χ1n) is 6.24. The second kappa shape index (κ2) is 7.48. The van der Waals surface area contributed by atoms with Crippen molar-refractivity contribution in [3.05, 3.63) is 35.4 Å². The maximum absolute atomic E-state index is 11.7. The molecule has 0 aromatic heterocycles. The highest BCUT2D eigenvalue weighted by Crippen LogP contribution is 2.30. The molecule has 106 valence electrons. The van der Waals surface area contributed by atoms with E-state index in [2.05, 4.69) is 0 Å². The van der Waals surface area contributed by atoms with Crippen LogP contribution in [-0.2, 0) is 9.47 Å². The van der Waals surface area contributed by atoms with Crippen molar-refractivity contribution in [1.29, 1.82) is 0 Å². The number of hydrogen-bond acceptors (Lipinski definition) is 4. The summed E-state index contributed by atoms with van der Waals surface area (Å²) in [5.74, 6) is 0.0395. The fourth-order valence-corrected chi connectivity index (χ4v) is 2.41. The van der Waals surface area contributed by atoms with E-state index in [0.717, 1.165) is 31.6 Å². The van der Waals surface area contributed by atoms with Gasteiger partial charge in [0.25, 0.3) is 0 Å². The van der Waals surface area contributed by atoms with Gasteiger partial charge in [-0.1, -0.05) is 18.2 Å². The zero-order valence-corrected chi connectivity index (χ0v) is 11.8. The third-order valence-electron chi connectivity index (χ3n) is 3.50. The number of ether oxygens (including phenoxy) is 2. The quantitative estimate of drug-likeness (QED) is 0.866. The fraction of sp³-hybridized carbons (Fsp3) is 0.500. The van der Waals surface area contributed by atoms with E-state index in [4.69, 9.17) is 15.2 Å². The first-order chi connectivity index (χ1) is 8.74. The van der Waals surface area contributed by atoms with Gasteiger partial charge in [-0.15, -0.1) is 12.4 Å². The van der Waals surface area contributed by atoms with E-state index < -0.39 is 0 Å². The van der Waals surface area contributed by atoms with Gasteiger partial charge < -0.3 is 15.2 Å². The Hall–Kier alpha value is -1.10. The minimum atomic E-state index is -0.326. The zero-order valence-electron chi connectivity index (χ0n) is 11.0. The molecule has 1 atom stereocenters. The van der Waals surface area contributed by atoms with Gasteiger partial charge in [-0.3, -0.25) is 0 Å². The van der Waals surface area contributed by atoms with Gasteiger partial charge in [0.1, 0.15) is 0 Å². The standard InChI is InChI=1S/C14H19NO3.ClH/c1-17-14(16)12-5-3-2-4-11(12)13(15)10-6-8-18-9-7-10;/h2-5,10,13H,6-9,15H2,1H3;1H/t13-;/m1./s1. The smallest absolute Gasteiger partial charge is 0.338 e. The Bertz CT molecular complexity index is 419. The molecule has 1 saturated heterocycles. The molecule has 0 bridgehead atoms. The van der Waals surface area contributed by atoms with Crippen LogP contribution in [0.2, 0.25) is 0 Å². The van der Waals surface area contributed by atoms with Crippen LogP contribution in [0.3, 0.4) is 0 Å². The number of carbonyl (C=O) groups is 1. The van der Waals surface area contributed by atoms with Gasteiger partial charge in [0, 0.05) is 19.3 Å². The van der Waals surface area contributed by atoms with Crippen molar-refractivity contribution in [3.8, 4) is 0 Å². The second-order valence-corrected chi connectivity index (χ2v) is 4.55. The topological polar surface area (TPSA) is 61.5 Å². The summed E-state index contributed by atoms with van der Waals surface area (Å²) in [6.07, 6.45) is 1.88. The maximum atomic E-state index is 11.7. The first kappa shape index (κ1) is 16.0. The van der Waals surface area contributed by atoms with Crippen LogP contribution in [0.5, 0.6) is 0 Å². The Morgan fingerprint density at radius 2 is 2.00 bits per heavy atom. The van der Waals surface area contributed by atoms with Crippen LogP contribution in [0.4, 0.5) is 0 Å². The molecule has 1 aliphatic rings. The number of methoxy groups -OCH3 is 1. The number of rotatable bonds is 3. The summed E-state index contributed by atoms with van der Waals surface area (Å²) in [7, 11) is 1.39. The molecule has 1 fully saturated rings. The zero-order chi connectivity index (χ0) is 13.0. The summed E-state index contributed by atoms with van der Waals surface area (Å²) in [4.78, 5) is 11.7. The maximum Gasteiger partial charge on any atom is 0.338 e. The minimum Gasteiger partial charge on any atom is -0.465 e. The fourth-order valence-electron chi connectivity index (χ4n) is 2.41. The van der Waals surface area contributed by atoms with E-state index in [1.807, 2.05) is 18.2 Å². The molecule has 0 aliphatic carbocycles. The van der Waals surface area contributed by atoms with E-state index in [1.54, 1.807) is 6.07 Å². The van der Waals surface area contributed by atoms with Gasteiger partial charge in [-0.05, 0) is 30.4 Å². The van der Waals surface area contributed by atoms with E-state index in [0.29, 0.717) is 11.5 Å². The van der Waals surface area contributed by atoms with Gasteiger partial charge in [0.2, 0.25) is 0 Å². The monoisotopic (exact) mass is 285 g/mol. The van der Waals surface area contributed by atoms with Crippen LogP contribution in [0.15, 0.2) is 24.3 Å². The lowest BCUT2D eigenvalue weighted by atomic mass is 9.86. The Morgan fingerprint density at radius 1 is 1.37 bits per heavy atom. The molecular formula is C14H20ClNO3. The molecule has 1 aliphatic heterocycles. The van der Waals surface area contributed by atoms with Crippen LogP contribution < -0.4 is 5.73 Å². The second-order valence-electron chi connectivity index (χ2n) is 4.55. The summed E-state index contributed by atoms with van der Waals surface area (Å²) < 4.78 is 10.1. The lowest BCUT2D eigenvalue weighted by Gasteiger charge is -2.28. The Balaban J connectivity index is 0.00000180. The van der Waals surface area contributed by atoms with Gasteiger partial charge in [-0.25, -0.2) is 4.79 Å². The molecule has 0 radical (unpaired) electrons. The van der Waals surface area contributed by atoms with Crippen molar-refractivity contribution in [1.82, 2.24) is 0 Å². The normalized spacial score (nSPS) is 17.4. The molecule has 0 spiro atoms. The van der Waals surface area contributed by atoms with E-state index in [-0.39, 0.29) is 24.4 Å². The van der Waals surface area contributed by atoms with Crippen molar-refractivity contribution < 1.29 is 14.3 Å². The molecule has 1 aromatic carbocycles. The average Bonchev–Trinajstić information content (AvgIpc) is 2.46. The number of hydrogen-bond donors (Lipinski definition) is 1. The van der Waals surface area contributed by atoms with E-state index in [9.17, 15) is 4.79 Å². The highest BCUT2D eigenvalue weighted by molar-refractivity contribution is 5.91. The minimum absolute atomic E-state index is 0. The summed E-state index contributed by atoms with van der Waals surface area (Å²) in [5.41, 5.74) is 7.74. The molecule has 19 heavy (non-hydrogen) atoms. The van der Waals surface area contributed by atoms with Crippen LogP contribution in [0.1, 0.15) is 34.8 Å². The van der Waals surface area contributed by atoms with Crippen molar-refractivity contribution in [2.75, 3.05) is 20.3 Å². The number of nitrogens with two attached hydrogens (primary N) is 1. The first-order valence-corrected chi connectivity index (χ1v) is 6.24. The highest BCUT2D eigenvalue weighted by atomic mass is 35.5. The lowest BCUT2D eigenvalue weighted by molar-refractivity contribution is 0.0563. The largest absolute Gasteiger partial charge is 0.465 e. The van der Waals surface area contributed by atoms with Crippen LogP contribution >= 0.6 is 12.4 Å². The highest BCUT2D eigenvalue weighted by Gasteiger charge is 2.25. The molecule has 4 nitrogen and oxygen atoms in total. The van der Waals surface area contributed by atoms with Crippen molar-refractivity contribution >= 4 is 18.4 Å². The van der Waals surface area contributed by atoms with Crippen molar-refractivity contribution in [3.63, 3.8) is 0 Å². The number of benzene rings is 1. The van der Waals surface area contributed by atoms with Crippen molar-refractivity contribution in [2.24, 2.45) is 11.7 Å². The SMILES string of the molecule is COC(=O)c1ccccc1[C@H](N)C1CCOCC1.Cl. The van der Waals surface area contributed by atoms with E-state index >= 15 is 0 Å². The molecule has 2 N–H and O–H groups in total. The Labute approximate surface area is 119 Å². The number of carbonyl (C=O) groups excluding carboxylic acids is 1. The summed E-state index contributed by atoms with van der Waals surface area (Å²) in [6, 6.07) is 7.27. The van der Waals surface area contributed by atoms with Crippen molar-refractivity contribution in [2.45, 2.75) is 18.9 Å². The molecule has 1 aromatic rings. The predicted molar refractivity (Wildman–Crippen MR) is 75.5 cm³/mol. The number of halogens is 1. The third-order valence-corrected chi connectivity index (χ3v) is 3.50. The lowest BCUT2D eigenvalue weighted by Crippen LogP contribution is -2.28. The number of esters is 1. The predicted octanol–water partition coefficient (Wildman–Crippen LogP) is 2.32. The third kappa shape index (κ3) is 3.69. The average molecular weight is 286 g/mol. The van der Waals surface area contributed by atoms with Gasteiger partial charge >= 0.3 is 5.97 Å². The Morgan fingerprint density at radius 3 is 2.63 bits per heavy atom. The van der Waals surface area contributed by atoms with Crippen LogP contribution in [0.25, 0.3) is 0 Å². The molecule has 0 saturated carbocycles. The Kier molecular flexibility index (Phi) is 6.28. The molecule has 0 unspecified atom stereocenters. The van der Waals surface area contributed by atoms with Crippen LogP contribution in [0, 0.1) is 5.92 Å². The van der Waals surface area contributed by atoms with Gasteiger partial charge in [-0.2, -0.15) is 0 Å². The molecule has 1 heterocycles. The van der Waals surface area contributed by atoms with E-state index in [1.165, 1.54) is 7.11 Å². The summed E-state index contributed by atoms with van der Waals surface area (Å²) in [5, 5.41) is 0. The molecule has 2 rings (SSSR count). The van der Waals surface area contributed by atoms with Crippen LogP contribution in [-0.4, -0.2) is 26.3 Å². The molecule has 0 amide bonds. The molecule has 5 heteroatoms. The summed E-state index contributed by atoms with van der Waals surface area (Å²) in [6.45, 7) is 1.50. The van der Waals surface area contributed by atoms with Gasteiger partial charge in [0.05, 0.1) is 12.7 Å². The summed E-state index contributed by atoms with van der Waals surface area (Å²) >= 11 is 0.